The highest BCUT2D eigenvalue weighted by Gasteiger charge is 2.16. The molecule has 0 spiro atoms. The maximum atomic E-state index is 5.62. The summed E-state index contributed by atoms with van der Waals surface area (Å²) < 4.78 is 5.62. The number of benzene rings is 3. The molecule has 132 valence electrons. The van der Waals surface area contributed by atoms with Crippen molar-refractivity contribution in [3.63, 3.8) is 0 Å². The third-order valence-corrected chi connectivity index (χ3v) is 4.77. The van der Waals surface area contributed by atoms with Crippen LogP contribution in [-0.2, 0) is 0 Å². The summed E-state index contributed by atoms with van der Waals surface area (Å²) in [6.45, 7) is 2.13. The Bertz CT molecular complexity index is 1100. The second-order valence-corrected chi connectivity index (χ2v) is 6.47. The Hall–Kier alpha value is -3.39. The average molecular weight is 351 g/mol. The SMILES string of the molecule is COc1nc(/C(=C/c2ccccc2)c2ccccc2)c(C)c2ccccc12. The largest absolute Gasteiger partial charge is 0.481 e. The Morgan fingerprint density at radius 3 is 2.04 bits per heavy atom. The van der Waals surface area contributed by atoms with Gasteiger partial charge in [0.1, 0.15) is 0 Å². The van der Waals surface area contributed by atoms with Gasteiger partial charge in [0.05, 0.1) is 12.8 Å². The Balaban J connectivity index is 2.01. The molecule has 3 aromatic carbocycles. The van der Waals surface area contributed by atoms with E-state index in [9.17, 15) is 0 Å². The summed E-state index contributed by atoms with van der Waals surface area (Å²) in [5, 5.41) is 2.20. The summed E-state index contributed by atoms with van der Waals surface area (Å²) in [5.41, 5.74) is 5.46. The number of aryl methyl sites for hydroxylation is 1. The second-order valence-electron chi connectivity index (χ2n) is 6.47. The van der Waals surface area contributed by atoms with Gasteiger partial charge in [-0.25, -0.2) is 4.98 Å². The molecule has 0 amide bonds. The van der Waals surface area contributed by atoms with E-state index in [2.05, 4.69) is 79.7 Å². The second kappa shape index (κ2) is 7.46. The summed E-state index contributed by atoms with van der Waals surface area (Å²) in [5.74, 6) is 0.654. The molecule has 0 aliphatic carbocycles. The van der Waals surface area contributed by atoms with Crippen LogP contribution in [0.5, 0.6) is 5.88 Å². The first-order valence-corrected chi connectivity index (χ1v) is 9.04. The molecule has 2 heteroatoms. The third-order valence-electron chi connectivity index (χ3n) is 4.77. The average Bonchev–Trinajstić information content (AvgIpc) is 2.74. The van der Waals surface area contributed by atoms with E-state index >= 15 is 0 Å². The minimum Gasteiger partial charge on any atom is -0.481 e. The normalized spacial score (nSPS) is 11.6. The van der Waals surface area contributed by atoms with Crippen LogP contribution in [0.25, 0.3) is 22.4 Å². The molecule has 4 aromatic rings. The summed E-state index contributed by atoms with van der Waals surface area (Å²) in [4.78, 5) is 4.90. The lowest BCUT2D eigenvalue weighted by Gasteiger charge is -2.15. The minimum atomic E-state index is 0.654. The van der Waals surface area contributed by atoms with Crippen molar-refractivity contribution in [2.24, 2.45) is 0 Å². The summed E-state index contributed by atoms with van der Waals surface area (Å²) in [6, 6.07) is 29.0. The molecule has 0 N–H and O–H groups in total. The number of hydrogen-bond donors (Lipinski definition) is 0. The van der Waals surface area contributed by atoms with Gasteiger partial charge in [0.25, 0.3) is 0 Å². The van der Waals surface area contributed by atoms with E-state index < -0.39 is 0 Å². The summed E-state index contributed by atoms with van der Waals surface area (Å²) in [6.07, 6.45) is 2.19. The molecule has 0 atom stereocenters. The molecule has 27 heavy (non-hydrogen) atoms. The number of methoxy groups -OCH3 is 1. The van der Waals surface area contributed by atoms with Gasteiger partial charge in [-0.3, -0.25) is 0 Å². The zero-order chi connectivity index (χ0) is 18.6. The van der Waals surface area contributed by atoms with Crippen molar-refractivity contribution >= 4 is 22.4 Å². The zero-order valence-electron chi connectivity index (χ0n) is 15.5. The van der Waals surface area contributed by atoms with Crippen molar-refractivity contribution in [2.45, 2.75) is 6.92 Å². The van der Waals surface area contributed by atoms with E-state index in [1.807, 2.05) is 18.2 Å². The molecule has 0 aliphatic rings. The number of ether oxygens (including phenoxy) is 1. The van der Waals surface area contributed by atoms with Crippen molar-refractivity contribution in [3.05, 3.63) is 107 Å². The maximum Gasteiger partial charge on any atom is 0.221 e. The Morgan fingerprint density at radius 1 is 0.778 bits per heavy atom. The molecule has 1 heterocycles. The molecule has 1 aromatic heterocycles. The lowest BCUT2D eigenvalue weighted by molar-refractivity contribution is 0.403. The number of fused-ring (bicyclic) bond motifs is 1. The highest BCUT2D eigenvalue weighted by molar-refractivity contribution is 5.98. The standard InChI is InChI=1S/C25H21NO/c1-18-21-15-9-10-16-22(21)25(27-2)26-24(18)23(20-13-7-4-8-14-20)17-19-11-5-3-6-12-19/h3-17H,1-2H3/b23-17+. The van der Waals surface area contributed by atoms with Crippen molar-refractivity contribution in [1.82, 2.24) is 4.98 Å². The van der Waals surface area contributed by atoms with Crippen LogP contribution in [-0.4, -0.2) is 12.1 Å². The van der Waals surface area contributed by atoms with E-state index in [1.165, 1.54) is 0 Å². The minimum absolute atomic E-state index is 0.654. The monoisotopic (exact) mass is 351 g/mol. The molecule has 0 unspecified atom stereocenters. The van der Waals surface area contributed by atoms with E-state index in [-0.39, 0.29) is 0 Å². The van der Waals surface area contributed by atoms with Crippen LogP contribution in [0.4, 0.5) is 0 Å². The van der Waals surface area contributed by atoms with Crippen molar-refractivity contribution < 1.29 is 4.74 Å². The number of hydrogen-bond acceptors (Lipinski definition) is 2. The van der Waals surface area contributed by atoms with Gasteiger partial charge in [0.2, 0.25) is 5.88 Å². The molecule has 0 saturated heterocycles. The fourth-order valence-corrected chi connectivity index (χ4v) is 3.41. The molecule has 2 nitrogen and oxygen atoms in total. The molecular formula is C25H21NO. The molecule has 0 fully saturated rings. The van der Waals surface area contributed by atoms with E-state index in [0.717, 1.165) is 38.7 Å². The first-order chi connectivity index (χ1) is 13.3. The summed E-state index contributed by atoms with van der Waals surface area (Å²) in [7, 11) is 1.68. The van der Waals surface area contributed by atoms with Gasteiger partial charge in [-0.05, 0) is 41.1 Å². The van der Waals surface area contributed by atoms with Gasteiger partial charge in [-0.1, -0.05) is 78.9 Å². The Kier molecular flexibility index (Phi) is 4.71. The molecule has 0 saturated carbocycles. The molecule has 4 rings (SSSR count). The van der Waals surface area contributed by atoms with Crippen LogP contribution >= 0.6 is 0 Å². The number of pyridine rings is 1. The van der Waals surface area contributed by atoms with Crippen LogP contribution < -0.4 is 4.74 Å². The van der Waals surface area contributed by atoms with Gasteiger partial charge >= 0.3 is 0 Å². The lowest BCUT2D eigenvalue weighted by atomic mass is 9.94. The predicted molar refractivity (Wildman–Crippen MR) is 113 cm³/mol. The highest BCUT2D eigenvalue weighted by Crippen LogP contribution is 2.34. The number of nitrogens with zero attached hydrogens (tertiary/aromatic N) is 1. The number of aromatic nitrogens is 1. The lowest BCUT2D eigenvalue weighted by Crippen LogP contribution is -2.00. The quantitative estimate of drug-likeness (QED) is 0.412. The highest BCUT2D eigenvalue weighted by atomic mass is 16.5. The predicted octanol–water partition coefficient (Wildman–Crippen LogP) is 6.14. The molecule has 0 aliphatic heterocycles. The first-order valence-electron chi connectivity index (χ1n) is 9.04. The van der Waals surface area contributed by atoms with Crippen LogP contribution in [0.3, 0.4) is 0 Å². The molecular weight excluding hydrogens is 330 g/mol. The maximum absolute atomic E-state index is 5.62. The van der Waals surface area contributed by atoms with Gasteiger partial charge < -0.3 is 4.74 Å². The Morgan fingerprint density at radius 2 is 1.37 bits per heavy atom. The first kappa shape index (κ1) is 17.0. The fourth-order valence-electron chi connectivity index (χ4n) is 3.41. The van der Waals surface area contributed by atoms with Crippen molar-refractivity contribution in [1.29, 1.82) is 0 Å². The van der Waals surface area contributed by atoms with Crippen molar-refractivity contribution in [3.8, 4) is 5.88 Å². The van der Waals surface area contributed by atoms with Gasteiger partial charge in [-0.15, -0.1) is 0 Å². The fraction of sp³-hybridized carbons (Fsp3) is 0.0800. The third kappa shape index (κ3) is 3.34. The van der Waals surface area contributed by atoms with Crippen LogP contribution in [0.15, 0.2) is 84.9 Å². The summed E-state index contributed by atoms with van der Waals surface area (Å²) >= 11 is 0. The molecule has 0 radical (unpaired) electrons. The smallest absolute Gasteiger partial charge is 0.221 e. The van der Waals surface area contributed by atoms with E-state index in [1.54, 1.807) is 7.11 Å². The number of rotatable bonds is 4. The van der Waals surface area contributed by atoms with Crippen LogP contribution in [0.2, 0.25) is 0 Å². The van der Waals surface area contributed by atoms with Crippen LogP contribution in [0.1, 0.15) is 22.4 Å². The van der Waals surface area contributed by atoms with E-state index in [0.29, 0.717) is 5.88 Å². The van der Waals surface area contributed by atoms with E-state index in [4.69, 9.17) is 9.72 Å². The topological polar surface area (TPSA) is 22.1 Å². The Labute approximate surface area is 159 Å². The van der Waals surface area contributed by atoms with Crippen LogP contribution in [0, 0.1) is 6.92 Å². The van der Waals surface area contributed by atoms with Gasteiger partial charge in [0, 0.05) is 11.0 Å². The van der Waals surface area contributed by atoms with Gasteiger partial charge in [0.15, 0.2) is 0 Å². The van der Waals surface area contributed by atoms with Gasteiger partial charge in [-0.2, -0.15) is 0 Å². The zero-order valence-corrected chi connectivity index (χ0v) is 15.5. The van der Waals surface area contributed by atoms with Crippen molar-refractivity contribution in [2.75, 3.05) is 7.11 Å². The molecule has 0 bridgehead atoms.